The van der Waals surface area contributed by atoms with Gasteiger partial charge in [-0.2, -0.15) is 4.99 Å². The van der Waals surface area contributed by atoms with Gasteiger partial charge in [0.25, 0.3) is 5.91 Å². The Bertz CT molecular complexity index is 1050. The zero-order valence-electron chi connectivity index (χ0n) is 17.5. The van der Waals surface area contributed by atoms with Crippen LogP contribution >= 0.6 is 11.3 Å². The monoisotopic (exact) mass is 412 g/mol. The van der Waals surface area contributed by atoms with Gasteiger partial charge in [-0.15, -0.1) is 0 Å². The Labute approximate surface area is 175 Å². The molecular formula is C23H28N2O3S. The molecule has 5 nitrogen and oxygen atoms in total. The SMILES string of the molecule is CCCCOc1ccc(C(=O)N=c2sc3cc(C)c(C)cc3n2CCOC)cc1. The van der Waals surface area contributed by atoms with E-state index >= 15 is 0 Å². The number of ether oxygens (including phenoxy) is 2. The van der Waals surface area contributed by atoms with Crippen molar-refractivity contribution in [3.63, 3.8) is 0 Å². The van der Waals surface area contributed by atoms with E-state index < -0.39 is 0 Å². The highest BCUT2D eigenvalue weighted by atomic mass is 32.1. The molecule has 0 atom stereocenters. The third-order valence-corrected chi connectivity index (χ3v) is 5.92. The zero-order chi connectivity index (χ0) is 20.8. The minimum atomic E-state index is -0.253. The number of thiazole rings is 1. The molecule has 6 heteroatoms. The molecule has 0 fully saturated rings. The fourth-order valence-electron chi connectivity index (χ4n) is 2.98. The fourth-order valence-corrected chi connectivity index (χ4v) is 4.12. The van der Waals surface area contributed by atoms with Crippen LogP contribution in [0.5, 0.6) is 5.75 Å². The first kappa shape index (κ1) is 21.3. The van der Waals surface area contributed by atoms with Gasteiger partial charge >= 0.3 is 0 Å². The molecule has 0 saturated heterocycles. The van der Waals surface area contributed by atoms with E-state index in [4.69, 9.17) is 9.47 Å². The second-order valence-electron chi connectivity index (χ2n) is 7.08. The molecule has 3 rings (SSSR count). The number of amides is 1. The maximum Gasteiger partial charge on any atom is 0.279 e. The second kappa shape index (κ2) is 9.85. The number of benzene rings is 2. The molecule has 154 valence electrons. The summed E-state index contributed by atoms with van der Waals surface area (Å²) in [6, 6.07) is 11.5. The van der Waals surface area contributed by atoms with Crippen molar-refractivity contribution in [1.82, 2.24) is 4.57 Å². The molecule has 29 heavy (non-hydrogen) atoms. The van der Waals surface area contributed by atoms with Gasteiger partial charge in [0.05, 0.1) is 23.4 Å². The van der Waals surface area contributed by atoms with Crippen molar-refractivity contribution in [3.8, 4) is 5.75 Å². The first-order valence-electron chi connectivity index (χ1n) is 9.95. The topological polar surface area (TPSA) is 52.8 Å². The molecule has 0 radical (unpaired) electrons. The molecule has 0 aliphatic carbocycles. The Kier molecular flexibility index (Phi) is 7.23. The third kappa shape index (κ3) is 5.14. The number of aromatic nitrogens is 1. The van der Waals surface area contributed by atoms with Crippen LogP contribution in [0.3, 0.4) is 0 Å². The summed E-state index contributed by atoms with van der Waals surface area (Å²) in [5.41, 5.74) is 4.09. The van der Waals surface area contributed by atoms with Crippen molar-refractivity contribution in [1.29, 1.82) is 0 Å². The molecule has 0 aliphatic heterocycles. The molecular weight excluding hydrogens is 384 g/mol. The molecule has 0 saturated carbocycles. The van der Waals surface area contributed by atoms with Gasteiger partial charge < -0.3 is 14.0 Å². The predicted octanol–water partition coefficient (Wildman–Crippen LogP) is 4.89. The first-order valence-corrected chi connectivity index (χ1v) is 10.8. The summed E-state index contributed by atoms with van der Waals surface area (Å²) in [5.74, 6) is 0.522. The lowest BCUT2D eigenvalue weighted by Crippen LogP contribution is -2.19. The lowest BCUT2D eigenvalue weighted by atomic mass is 10.1. The lowest BCUT2D eigenvalue weighted by Gasteiger charge is -2.06. The van der Waals surface area contributed by atoms with Crippen molar-refractivity contribution in [2.45, 2.75) is 40.2 Å². The van der Waals surface area contributed by atoms with E-state index in [9.17, 15) is 4.79 Å². The lowest BCUT2D eigenvalue weighted by molar-refractivity contribution is 0.0997. The van der Waals surface area contributed by atoms with E-state index in [-0.39, 0.29) is 5.91 Å². The number of unbranched alkanes of at least 4 members (excludes halogenated alkanes) is 1. The van der Waals surface area contributed by atoms with E-state index in [0.29, 0.717) is 30.1 Å². The van der Waals surface area contributed by atoms with E-state index in [1.54, 1.807) is 19.2 Å². The number of hydrogen-bond acceptors (Lipinski definition) is 4. The molecule has 0 spiro atoms. The molecule has 1 heterocycles. The average molecular weight is 413 g/mol. The van der Waals surface area contributed by atoms with Crippen LogP contribution in [0.4, 0.5) is 0 Å². The van der Waals surface area contributed by atoms with Gasteiger partial charge in [-0.25, -0.2) is 0 Å². The summed E-state index contributed by atoms with van der Waals surface area (Å²) in [5, 5.41) is 0. The highest BCUT2D eigenvalue weighted by molar-refractivity contribution is 7.16. The number of carbonyl (C=O) groups is 1. The van der Waals surface area contributed by atoms with Gasteiger partial charge in [-0.1, -0.05) is 24.7 Å². The summed E-state index contributed by atoms with van der Waals surface area (Å²) in [7, 11) is 1.68. The number of aryl methyl sites for hydroxylation is 2. The number of hydrogen-bond donors (Lipinski definition) is 0. The fraction of sp³-hybridized carbons (Fsp3) is 0.391. The van der Waals surface area contributed by atoms with Crippen molar-refractivity contribution in [2.24, 2.45) is 4.99 Å². The van der Waals surface area contributed by atoms with Gasteiger partial charge in [0, 0.05) is 19.2 Å². The van der Waals surface area contributed by atoms with Crippen LogP contribution in [0.25, 0.3) is 10.2 Å². The molecule has 1 amide bonds. The average Bonchev–Trinajstić information content (AvgIpc) is 3.03. The van der Waals surface area contributed by atoms with Gasteiger partial charge in [-0.3, -0.25) is 4.79 Å². The Morgan fingerprint density at radius 2 is 1.83 bits per heavy atom. The van der Waals surface area contributed by atoms with Crippen LogP contribution in [0, 0.1) is 13.8 Å². The molecule has 1 aromatic heterocycles. The summed E-state index contributed by atoms with van der Waals surface area (Å²) in [6.45, 7) is 8.22. The van der Waals surface area contributed by atoms with Gasteiger partial charge in [0.1, 0.15) is 5.75 Å². The molecule has 0 aliphatic rings. The highest BCUT2D eigenvalue weighted by Crippen LogP contribution is 2.22. The molecule has 0 N–H and O–H groups in total. The second-order valence-corrected chi connectivity index (χ2v) is 8.09. The Morgan fingerprint density at radius 3 is 2.52 bits per heavy atom. The molecule has 3 aromatic rings. The van der Waals surface area contributed by atoms with Crippen LogP contribution in [0.2, 0.25) is 0 Å². The number of rotatable bonds is 8. The standard InChI is InChI=1S/C23H28N2O3S/c1-5-6-12-28-19-9-7-18(8-10-19)22(26)24-23-25(11-13-27-4)20-14-16(2)17(3)15-21(20)29-23/h7-10,14-15H,5-6,11-13H2,1-4H3. The maximum absolute atomic E-state index is 12.8. The molecule has 2 aromatic carbocycles. The number of nitrogens with zero attached hydrogens (tertiary/aromatic N) is 2. The maximum atomic E-state index is 12.8. The van der Waals surface area contributed by atoms with E-state index in [1.807, 2.05) is 12.1 Å². The largest absolute Gasteiger partial charge is 0.494 e. The molecule has 0 unspecified atom stereocenters. The summed E-state index contributed by atoms with van der Waals surface area (Å²) in [6.07, 6.45) is 2.11. The summed E-state index contributed by atoms with van der Waals surface area (Å²) >= 11 is 1.53. The summed E-state index contributed by atoms with van der Waals surface area (Å²) in [4.78, 5) is 17.9. The van der Waals surface area contributed by atoms with Gasteiger partial charge in [-0.05, 0) is 67.8 Å². The van der Waals surface area contributed by atoms with Crippen molar-refractivity contribution >= 4 is 27.5 Å². The van der Waals surface area contributed by atoms with Crippen LogP contribution in [0.15, 0.2) is 41.4 Å². The van der Waals surface area contributed by atoms with E-state index in [1.165, 1.54) is 22.5 Å². The third-order valence-electron chi connectivity index (χ3n) is 4.88. The zero-order valence-corrected chi connectivity index (χ0v) is 18.3. The van der Waals surface area contributed by atoms with E-state index in [2.05, 4.69) is 42.5 Å². The van der Waals surface area contributed by atoms with E-state index in [0.717, 1.165) is 28.8 Å². The smallest absolute Gasteiger partial charge is 0.279 e. The normalized spacial score (nSPS) is 11.9. The number of carbonyl (C=O) groups excluding carboxylic acids is 1. The Morgan fingerprint density at radius 1 is 1.10 bits per heavy atom. The summed E-state index contributed by atoms with van der Waals surface area (Å²) < 4.78 is 14.1. The minimum absolute atomic E-state index is 0.253. The van der Waals surface area contributed by atoms with Crippen molar-refractivity contribution in [3.05, 3.63) is 57.9 Å². The number of fused-ring (bicyclic) bond motifs is 1. The quantitative estimate of drug-likeness (QED) is 0.495. The van der Waals surface area contributed by atoms with Crippen LogP contribution in [0.1, 0.15) is 41.3 Å². The Balaban J connectivity index is 1.92. The molecule has 0 bridgehead atoms. The van der Waals surface area contributed by atoms with Crippen molar-refractivity contribution < 1.29 is 14.3 Å². The van der Waals surface area contributed by atoms with Gasteiger partial charge in [0.15, 0.2) is 4.80 Å². The van der Waals surface area contributed by atoms with Gasteiger partial charge in [0.2, 0.25) is 0 Å². The van der Waals surface area contributed by atoms with Crippen LogP contribution < -0.4 is 9.54 Å². The Hall–Kier alpha value is -2.44. The number of methoxy groups -OCH3 is 1. The van der Waals surface area contributed by atoms with Crippen LogP contribution in [-0.2, 0) is 11.3 Å². The minimum Gasteiger partial charge on any atom is -0.494 e. The highest BCUT2D eigenvalue weighted by Gasteiger charge is 2.11. The van der Waals surface area contributed by atoms with Crippen molar-refractivity contribution in [2.75, 3.05) is 20.3 Å². The first-order chi connectivity index (χ1) is 14.0. The predicted molar refractivity (Wildman–Crippen MR) is 118 cm³/mol. The van der Waals surface area contributed by atoms with Crippen LogP contribution in [-0.4, -0.2) is 30.8 Å².